The van der Waals surface area contributed by atoms with Crippen molar-refractivity contribution in [3.05, 3.63) is 0 Å². The van der Waals surface area contributed by atoms with Gasteiger partial charge in [0.2, 0.25) is 0 Å². The van der Waals surface area contributed by atoms with Crippen molar-refractivity contribution < 1.29 is 0 Å². The maximum atomic E-state index is 3.52. The fourth-order valence-electron chi connectivity index (χ4n) is 4.04. The molecule has 0 aromatic heterocycles. The summed E-state index contributed by atoms with van der Waals surface area (Å²) in [5, 5.41) is 3.52. The van der Waals surface area contributed by atoms with Gasteiger partial charge in [0.1, 0.15) is 0 Å². The largest absolute Gasteiger partial charge is 0.317 e. The molecule has 3 heterocycles. The minimum absolute atomic E-state index is 0.791. The number of hydrogen-bond donors (Lipinski definition) is 1. The number of nitrogens with zero attached hydrogens (tertiary/aromatic N) is 1. The first-order valence-electron chi connectivity index (χ1n) is 7.37. The van der Waals surface area contributed by atoms with E-state index in [0.717, 1.165) is 24.0 Å². The normalized spacial score (nSPS) is 42.9. The van der Waals surface area contributed by atoms with Crippen molar-refractivity contribution in [1.82, 2.24) is 10.2 Å². The van der Waals surface area contributed by atoms with Crippen LogP contribution in [0.15, 0.2) is 0 Å². The molecule has 2 bridgehead atoms. The molecule has 0 amide bonds. The lowest BCUT2D eigenvalue weighted by molar-refractivity contribution is 0.0161. The van der Waals surface area contributed by atoms with E-state index in [-0.39, 0.29) is 0 Å². The summed E-state index contributed by atoms with van der Waals surface area (Å²) < 4.78 is 0. The number of fused-ring (bicyclic) bond motifs is 2. The maximum absolute atomic E-state index is 3.52. The summed E-state index contributed by atoms with van der Waals surface area (Å²) in [6, 6.07) is 2.58. The molecule has 3 unspecified atom stereocenters. The third-order valence-corrected chi connectivity index (χ3v) is 6.26. The predicted octanol–water partition coefficient (Wildman–Crippen LogP) is 2.34. The Morgan fingerprint density at radius 1 is 1.18 bits per heavy atom. The van der Waals surface area contributed by atoms with E-state index < -0.39 is 0 Å². The minimum atomic E-state index is 0.791. The lowest BCUT2D eigenvalue weighted by Gasteiger charge is -2.49. The highest BCUT2D eigenvalue weighted by atomic mass is 32.2. The second-order valence-electron chi connectivity index (χ2n) is 6.12. The fraction of sp³-hybridized carbons (Fsp3) is 1.00. The highest BCUT2D eigenvalue weighted by Crippen LogP contribution is 2.36. The Labute approximate surface area is 110 Å². The fourth-order valence-corrected chi connectivity index (χ4v) is 5.31. The van der Waals surface area contributed by atoms with E-state index >= 15 is 0 Å². The van der Waals surface area contributed by atoms with E-state index in [1.807, 2.05) is 0 Å². The topological polar surface area (TPSA) is 15.3 Å². The molecule has 0 radical (unpaired) electrons. The maximum Gasteiger partial charge on any atom is 0.0113 e. The molecule has 2 nitrogen and oxygen atoms in total. The number of hydrogen-bond acceptors (Lipinski definition) is 3. The van der Waals surface area contributed by atoms with Gasteiger partial charge in [-0.2, -0.15) is 11.8 Å². The summed E-state index contributed by atoms with van der Waals surface area (Å²) in [5.41, 5.74) is 0. The summed E-state index contributed by atoms with van der Waals surface area (Å²) in [5.74, 6) is 3.83. The SMILES string of the molecule is CNC1CC2CCCC(C1)N2CC1CCSC1. The van der Waals surface area contributed by atoms with E-state index in [0.29, 0.717) is 0 Å². The molecule has 98 valence electrons. The predicted molar refractivity (Wildman–Crippen MR) is 75.6 cm³/mol. The van der Waals surface area contributed by atoms with Crippen molar-refractivity contribution in [2.75, 3.05) is 25.1 Å². The van der Waals surface area contributed by atoms with E-state index in [2.05, 4.69) is 29.0 Å². The zero-order valence-electron chi connectivity index (χ0n) is 11.0. The van der Waals surface area contributed by atoms with Gasteiger partial charge in [0.05, 0.1) is 0 Å². The Balaban J connectivity index is 1.63. The average molecular weight is 254 g/mol. The van der Waals surface area contributed by atoms with Crippen LogP contribution in [0.5, 0.6) is 0 Å². The molecule has 3 rings (SSSR count). The second-order valence-corrected chi connectivity index (χ2v) is 7.27. The highest BCUT2D eigenvalue weighted by Gasteiger charge is 2.38. The molecule has 0 aromatic carbocycles. The van der Waals surface area contributed by atoms with Gasteiger partial charge in [-0.05, 0) is 56.6 Å². The van der Waals surface area contributed by atoms with Crippen LogP contribution in [-0.4, -0.2) is 48.1 Å². The van der Waals surface area contributed by atoms with Crippen LogP contribution in [-0.2, 0) is 0 Å². The molecule has 17 heavy (non-hydrogen) atoms. The summed E-state index contributed by atoms with van der Waals surface area (Å²) >= 11 is 2.16. The van der Waals surface area contributed by atoms with Crippen LogP contribution in [0.25, 0.3) is 0 Å². The molecule has 3 fully saturated rings. The van der Waals surface area contributed by atoms with Crippen molar-refractivity contribution in [2.24, 2.45) is 5.92 Å². The van der Waals surface area contributed by atoms with Crippen LogP contribution in [0, 0.1) is 5.92 Å². The molecule has 0 aromatic rings. The summed E-state index contributed by atoms with van der Waals surface area (Å²) in [7, 11) is 2.14. The van der Waals surface area contributed by atoms with Crippen LogP contribution < -0.4 is 5.32 Å². The number of nitrogens with one attached hydrogen (secondary N) is 1. The van der Waals surface area contributed by atoms with E-state index in [9.17, 15) is 0 Å². The number of thioether (sulfide) groups is 1. The Bertz CT molecular complexity index is 239. The van der Waals surface area contributed by atoms with Crippen molar-refractivity contribution in [1.29, 1.82) is 0 Å². The second kappa shape index (κ2) is 5.50. The quantitative estimate of drug-likeness (QED) is 0.832. The van der Waals surface area contributed by atoms with Gasteiger partial charge >= 0.3 is 0 Å². The highest BCUT2D eigenvalue weighted by molar-refractivity contribution is 7.99. The molecule has 0 spiro atoms. The summed E-state index contributed by atoms with van der Waals surface area (Å²) in [6.45, 7) is 1.40. The Morgan fingerprint density at radius 3 is 2.53 bits per heavy atom. The third-order valence-electron chi connectivity index (χ3n) is 5.03. The van der Waals surface area contributed by atoms with Crippen LogP contribution in [0.1, 0.15) is 38.5 Å². The minimum Gasteiger partial charge on any atom is -0.317 e. The molecule has 0 saturated carbocycles. The first kappa shape index (κ1) is 12.3. The average Bonchev–Trinajstić information content (AvgIpc) is 2.81. The molecule has 3 aliphatic rings. The molecular formula is C14H26N2S. The zero-order chi connectivity index (χ0) is 11.7. The van der Waals surface area contributed by atoms with E-state index in [1.165, 1.54) is 56.6 Å². The summed E-state index contributed by atoms with van der Waals surface area (Å²) in [4.78, 5) is 2.90. The lowest BCUT2D eigenvalue weighted by atomic mass is 9.81. The Kier molecular flexibility index (Phi) is 3.98. The van der Waals surface area contributed by atoms with Crippen molar-refractivity contribution in [3.8, 4) is 0 Å². The van der Waals surface area contributed by atoms with E-state index in [1.54, 1.807) is 0 Å². The van der Waals surface area contributed by atoms with E-state index in [4.69, 9.17) is 0 Å². The number of rotatable bonds is 3. The standard InChI is InChI=1S/C14H26N2S/c1-15-12-7-13-3-2-4-14(8-12)16(13)9-11-5-6-17-10-11/h11-15H,2-10H2,1H3. The molecule has 3 atom stereocenters. The first-order valence-corrected chi connectivity index (χ1v) is 8.53. The first-order chi connectivity index (χ1) is 8.36. The molecule has 3 saturated heterocycles. The molecule has 1 N–H and O–H groups in total. The Morgan fingerprint density at radius 2 is 1.94 bits per heavy atom. The van der Waals surface area contributed by atoms with Crippen molar-refractivity contribution >= 4 is 11.8 Å². The molecule has 0 aliphatic carbocycles. The van der Waals surface area contributed by atoms with Crippen LogP contribution in [0.4, 0.5) is 0 Å². The van der Waals surface area contributed by atoms with Crippen LogP contribution in [0.3, 0.4) is 0 Å². The van der Waals surface area contributed by atoms with Crippen molar-refractivity contribution in [2.45, 2.75) is 56.7 Å². The smallest absolute Gasteiger partial charge is 0.0113 e. The molecular weight excluding hydrogens is 228 g/mol. The van der Waals surface area contributed by atoms with Crippen LogP contribution >= 0.6 is 11.8 Å². The summed E-state index contributed by atoms with van der Waals surface area (Å²) in [6.07, 6.45) is 8.64. The Hall–Kier alpha value is 0.270. The van der Waals surface area contributed by atoms with Crippen LogP contribution in [0.2, 0.25) is 0 Å². The number of piperidine rings is 2. The van der Waals surface area contributed by atoms with Gasteiger partial charge in [-0.25, -0.2) is 0 Å². The van der Waals surface area contributed by atoms with Gasteiger partial charge in [-0.1, -0.05) is 6.42 Å². The lowest BCUT2D eigenvalue weighted by Crippen LogP contribution is -2.56. The van der Waals surface area contributed by atoms with Gasteiger partial charge < -0.3 is 5.32 Å². The van der Waals surface area contributed by atoms with Gasteiger partial charge in [0.25, 0.3) is 0 Å². The van der Waals surface area contributed by atoms with Gasteiger partial charge in [0, 0.05) is 24.7 Å². The van der Waals surface area contributed by atoms with Gasteiger partial charge in [0.15, 0.2) is 0 Å². The van der Waals surface area contributed by atoms with Gasteiger partial charge in [-0.15, -0.1) is 0 Å². The monoisotopic (exact) mass is 254 g/mol. The zero-order valence-corrected chi connectivity index (χ0v) is 11.8. The van der Waals surface area contributed by atoms with Crippen molar-refractivity contribution in [3.63, 3.8) is 0 Å². The third kappa shape index (κ3) is 2.66. The molecule has 3 aliphatic heterocycles. The van der Waals surface area contributed by atoms with Gasteiger partial charge in [-0.3, -0.25) is 4.90 Å². The molecule has 3 heteroatoms.